The fraction of sp³-hybridized carbons (Fsp3) is 0.588. The Labute approximate surface area is 120 Å². The van der Waals surface area contributed by atoms with E-state index in [-0.39, 0.29) is 0 Å². The fourth-order valence-electron chi connectivity index (χ4n) is 1.12. The van der Waals surface area contributed by atoms with Crippen molar-refractivity contribution in [2.24, 2.45) is 0 Å². The molecule has 0 N–H and O–H groups in total. The minimum Gasteiger partial charge on any atom is -0.385 e. The van der Waals surface area contributed by atoms with Crippen LogP contribution in [0.4, 0.5) is 0 Å². The first-order valence-electron chi connectivity index (χ1n) is 6.96. The Bertz CT molecular complexity index is 282. The van der Waals surface area contributed by atoms with Crippen molar-refractivity contribution in [2.45, 2.75) is 54.9 Å². The van der Waals surface area contributed by atoms with Crippen molar-refractivity contribution < 1.29 is 9.53 Å². The van der Waals surface area contributed by atoms with Gasteiger partial charge in [0.25, 0.3) is 0 Å². The van der Waals surface area contributed by atoms with Gasteiger partial charge in [-0.1, -0.05) is 32.9 Å². The Morgan fingerprint density at radius 3 is 1.95 bits per heavy atom. The van der Waals surface area contributed by atoms with Gasteiger partial charge in [-0.25, -0.2) is 0 Å². The summed E-state index contributed by atoms with van der Waals surface area (Å²) in [6, 6.07) is 0. The maximum atomic E-state index is 10.2. The summed E-state index contributed by atoms with van der Waals surface area (Å²) < 4.78 is 4.69. The lowest BCUT2D eigenvalue weighted by Gasteiger charge is -2.02. The molecule has 0 aromatic rings. The molecule has 0 atom stereocenters. The molecular formula is C17H32O2. The van der Waals surface area contributed by atoms with Crippen LogP contribution in [0.3, 0.4) is 0 Å². The predicted octanol–water partition coefficient (Wildman–Crippen LogP) is 5.11. The molecule has 2 nitrogen and oxygen atoms in total. The third-order valence-electron chi connectivity index (χ3n) is 2.33. The molecule has 0 saturated heterocycles. The molecule has 0 bridgehead atoms. The zero-order chi connectivity index (χ0) is 15.7. The maximum absolute atomic E-state index is 10.2. The van der Waals surface area contributed by atoms with Gasteiger partial charge in [-0.3, -0.25) is 4.79 Å². The van der Waals surface area contributed by atoms with E-state index in [1.807, 2.05) is 53.7 Å². The van der Waals surface area contributed by atoms with Crippen LogP contribution >= 0.6 is 0 Å². The van der Waals surface area contributed by atoms with Gasteiger partial charge in [0.2, 0.25) is 0 Å². The van der Waals surface area contributed by atoms with Gasteiger partial charge >= 0.3 is 0 Å². The highest BCUT2D eigenvalue weighted by molar-refractivity contribution is 5.68. The van der Waals surface area contributed by atoms with Gasteiger partial charge < -0.3 is 4.74 Å². The van der Waals surface area contributed by atoms with E-state index < -0.39 is 0 Å². The first kappa shape index (κ1) is 23.0. The van der Waals surface area contributed by atoms with Crippen LogP contribution in [-0.4, -0.2) is 20.0 Å². The molecule has 0 radical (unpaired) electrons. The van der Waals surface area contributed by atoms with Gasteiger partial charge in [-0.2, -0.15) is 0 Å². The summed E-state index contributed by atoms with van der Waals surface area (Å²) in [6.07, 6.45) is 7.56. The molecule has 0 aromatic heterocycles. The van der Waals surface area contributed by atoms with Crippen molar-refractivity contribution in [1.29, 1.82) is 0 Å². The van der Waals surface area contributed by atoms with Crippen molar-refractivity contribution >= 4 is 6.29 Å². The minimum atomic E-state index is 0.821. The Balaban J connectivity index is -0.000000307. The van der Waals surface area contributed by atoms with E-state index in [0.29, 0.717) is 0 Å². The van der Waals surface area contributed by atoms with Crippen LogP contribution in [0.2, 0.25) is 0 Å². The topological polar surface area (TPSA) is 26.3 Å². The number of carbonyl (C=O) groups excluding carboxylic acids is 1. The lowest BCUT2D eigenvalue weighted by Crippen LogP contribution is -1.84. The number of carbonyl (C=O) groups is 1. The molecule has 0 aliphatic rings. The molecule has 0 fully saturated rings. The first-order chi connectivity index (χ1) is 9.04. The summed E-state index contributed by atoms with van der Waals surface area (Å²) in [5, 5.41) is 0. The highest BCUT2D eigenvalue weighted by Crippen LogP contribution is 2.13. The van der Waals surface area contributed by atoms with Crippen LogP contribution < -0.4 is 0 Å². The van der Waals surface area contributed by atoms with Gasteiger partial charge in [0.15, 0.2) is 0 Å². The number of aldehydes is 1. The number of hydrogen-bond donors (Lipinski definition) is 0. The largest absolute Gasteiger partial charge is 0.385 e. The van der Waals surface area contributed by atoms with Crippen LogP contribution in [0, 0.1) is 0 Å². The third kappa shape index (κ3) is 16.9. The second kappa shape index (κ2) is 19.2. The van der Waals surface area contributed by atoms with Gasteiger partial charge in [0.1, 0.15) is 6.29 Å². The summed E-state index contributed by atoms with van der Waals surface area (Å²) >= 11 is 0. The van der Waals surface area contributed by atoms with E-state index in [2.05, 4.69) is 6.92 Å². The highest BCUT2D eigenvalue weighted by atomic mass is 16.5. The van der Waals surface area contributed by atoms with E-state index in [1.54, 1.807) is 13.2 Å². The zero-order valence-corrected chi connectivity index (χ0v) is 14.0. The lowest BCUT2D eigenvalue weighted by molar-refractivity contribution is -0.104. The summed E-state index contributed by atoms with van der Waals surface area (Å²) in [4.78, 5) is 10.2. The number of methoxy groups -OCH3 is 1. The molecule has 0 heterocycles. The smallest absolute Gasteiger partial charge is 0.143 e. The molecule has 2 heteroatoms. The summed E-state index contributed by atoms with van der Waals surface area (Å²) in [6.45, 7) is 15.0. The minimum absolute atomic E-state index is 0.821. The Morgan fingerprint density at radius 1 is 1.16 bits per heavy atom. The number of ether oxygens (including phenoxy) is 1. The molecule has 0 aromatic carbocycles. The Morgan fingerprint density at radius 2 is 1.68 bits per heavy atom. The molecule has 0 spiro atoms. The van der Waals surface area contributed by atoms with Crippen LogP contribution in [0.15, 0.2) is 34.9 Å². The van der Waals surface area contributed by atoms with E-state index in [1.165, 1.54) is 11.1 Å². The van der Waals surface area contributed by atoms with E-state index >= 15 is 0 Å². The third-order valence-corrected chi connectivity index (χ3v) is 2.33. The molecule has 19 heavy (non-hydrogen) atoms. The number of hydrogen-bond acceptors (Lipinski definition) is 2. The predicted molar refractivity (Wildman–Crippen MR) is 86.5 cm³/mol. The second-order valence-corrected chi connectivity index (χ2v) is 3.79. The monoisotopic (exact) mass is 268 g/mol. The van der Waals surface area contributed by atoms with E-state index in [9.17, 15) is 4.79 Å². The van der Waals surface area contributed by atoms with Crippen molar-refractivity contribution in [1.82, 2.24) is 0 Å². The van der Waals surface area contributed by atoms with Crippen molar-refractivity contribution in [3.8, 4) is 0 Å². The zero-order valence-electron chi connectivity index (χ0n) is 14.0. The van der Waals surface area contributed by atoms with Gasteiger partial charge in [0.05, 0.1) is 0 Å². The molecular weight excluding hydrogens is 236 g/mol. The van der Waals surface area contributed by atoms with Crippen LogP contribution in [-0.2, 0) is 9.53 Å². The normalized spacial score (nSPS) is 11.9. The maximum Gasteiger partial charge on any atom is 0.143 e. The molecule has 0 rings (SSSR count). The van der Waals surface area contributed by atoms with Gasteiger partial charge in [-0.15, -0.1) is 0 Å². The SMILES string of the molecule is CC.CCCOC.C\C=C/C(C)=C(C)\C(C)=C\C=O. The van der Waals surface area contributed by atoms with Crippen LogP contribution in [0.25, 0.3) is 0 Å². The number of allylic oxidation sites excluding steroid dienone is 6. The van der Waals surface area contributed by atoms with Crippen LogP contribution in [0.5, 0.6) is 0 Å². The van der Waals surface area contributed by atoms with Gasteiger partial charge in [0, 0.05) is 13.7 Å². The highest BCUT2D eigenvalue weighted by Gasteiger charge is 1.94. The molecule has 0 saturated carbocycles. The van der Waals surface area contributed by atoms with E-state index in [4.69, 9.17) is 4.74 Å². The molecule has 0 aliphatic heterocycles. The molecule has 112 valence electrons. The number of rotatable bonds is 5. The molecule has 0 aliphatic carbocycles. The van der Waals surface area contributed by atoms with E-state index in [0.717, 1.165) is 24.9 Å². The standard InChI is InChI=1S/C11H16O.C4H10O.C2H6/c1-5-6-9(2)11(4)10(3)7-8-12;1-3-4-5-2;1-2/h5-8H,1-4H3;3-4H2,1-2H3;1-2H3/b6-5-,10-7+,11-9-;;. The second-order valence-electron chi connectivity index (χ2n) is 3.79. The van der Waals surface area contributed by atoms with Gasteiger partial charge in [-0.05, 0) is 56.9 Å². The lowest BCUT2D eigenvalue weighted by atomic mass is 10.0. The first-order valence-corrected chi connectivity index (χ1v) is 6.96. The average molecular weight is 268 g/mol. The summed E-state index contributed by atoms with van der Waals surface area (Å²) in [5.74, 6) is 0. The quantitative estimate of drug-likeness (QED) is 0.393. The molecule has 0 unspecified atom stereocenters. The molecule has 0 amide bonds. The van der Waals surface area contributed by atoms with Crippen molar-refractivity contribution in [3.05, 3.63) is 34.9 Å². The van der Waals surface area contributed by atoms with Crippen molar-refractivity contribution in [3.63, 3.8) is 0 Å². The summed E-state index contributed by atoms with van der Waals surface area (Å²) in [5.41, 5.74) is 3.40. The van der Waals surface area contributed by atoms with Crippen molar-refractivity contribution in [2.75, 3.05) is 13.7 Å². The fourth-order valence-corrected chi connectivity index (χ4v) is 1.12. The Hall–Kier alpha value is -1.15. The van der Waals surface area contributed by atoms with Crippen LogP contribution in [0.1, 0.15) is 54.9 Å². The Kier molecular flexibility index (Phi) is 23.2. The summed E-state index contributed by atoms with van der Waals surface area (Å²) in [7, 11) is 1.71. The average Bonchev–Trinajstić information content (AvgIpc) is 2.42.